The molecule has 0 atom stereocenters. The first-order chi connectivity index (χ1) is 11.2. The third kappa shape index (κ3) is 3.98. The van der Waals surface area contributed by atoms with Crippen LogP contribution in [0, 0.1) is 0 Å². The van der Waals surface area contributed by atoms with Crippen LogP contribution < -0.4 is 0 Å². The lowest BCUT2D eigenvalue weighted by molar-refractivity contribution is 0.396. The van der Waals surface area contributed by atoms with Crippen LogP contribution in [0.3, 0.4) is 0 Å². The Morgan fingerprint density at radius 2 is 0.958 bits per heavy atom. The first-order valence-corrected chi connectivity index (χ1v) is 11.1. The highest BCUT2D eigenvalue weighted by atomic mass is 32.2. The minimum absolute atomic E-state index is 0.0901. The molecular formula is C15H17O6S3+. The third-order valence-corrected chi connectivity index (χ3v) is 7.91. The van der Waals surface area contributed by atoms with Crippen LogP contribution in [0.25, 0.3) is 0 Å². The molecular weight excluding hydrogens is 372 g/mol. The zero-order valence-corrected chi connectivity index (χ0v) is 15.7. The van der Waals surface area contributed by atoms with Crippen molar-refractivity contribution >= 4 is 31.1 Å². The Morgan fingerprint density at radius 3 is 1.21 bits per heavy atom. The summed E-state index contributed by atoms with van der Waals surface area (Å²) in [5.41, 5.74) is 0. The highest BCUT2D eigenvalue weighted by molar-refractivity contribution is 7.96. The molecule has 9 heteroatoms. The van der Waals surface area contributed by atoms with Crippen molar-refractivity contribution in [3.63, 3.8) is 0 Å². The molecule has 0 amide bonds. The van der Waals surface area contributed by atoms with Gasteiger partial charge in [-0.05, 0) is 48.5 Å². The fraction of sp³-hybridized carbons (Fsp3) is 0.200. The Kier molecular flexibility index (Phi) is 5.71. The molecule has 24 heavy (non-hydrogen) atoms. The summed E-state index contributed by atoms with van der Waals surface area (Å²) in [5.74, 6) is 0. The Morgan fingerprint density at radius 1 is 0.667 bits per heavy atom. The van der Waals surface area contributed by atoms with Crippen molar-refractivity contribution in [2.24, 2.45) is 0 Å². The lowest BCUT2D eigenvalue weighted by Gasteiger charge is -2.06. The highest BCUT2D eigenvalue weighted by Crippen LogP contribution is 2.24. The molecule has 0 fully saturated rings. The van der Waals surface area contributed by atoms with E-state index in [9.17, 15) is 16.8 Å². The van der Waals surface area contributed by atoms with E-state index in [1.165, 1.54) is 24.3 Å². The summed E-state index contributed by atoms with van der Waals surface area (Å²) in [6, 6.07) is 12.8. The fourth-order valence-electron chi connectivity index (χ4n) is 1.95. The van der Waals surface area contributed by atoms with Crippen LogP contribution in [0.1, 0.15) is 0 Å². The molecule has 0 saturated heterocycles. The van der Waals surface area contributed by atoms with Crippen LogP contribution in [0.5, 0.6) is 0 Å². The predicted molar refractivity (Wildman–Crippen MR) is 91.1 cm³/mol. The van der Waals surface area contributed by atoms with Crippen LogP contribution >= 0.6 is 0 Å². The maximum atomic E-state index is 11.6. The molecule has 2 rings (SSSR count). The molecule has 0 aliphatic rings. The normalized spacial score (nSPS) is 12.5. The molecule has 0 saturated carbocycles. The third-order valence-electron chi connectivity index (χ3n) is 3.37. The van der Waals surface area contributed by atoms with Gasteiger partial charge >= 0.3 is 0 Å². The first-order valence-electron chi connectivity index (χ1n) is 6.68. The van der Waals surface area contributed by atoms with Crippen LogP contribution in [0.2, 0.25) is 0 Å². The summed E-state index contributed by atoms with van der Waals surface area (Å²) < 4.78 is 55.4. The van der Waals surface area contributed by atoms with E-state index in [2.05, 4.69) is 8.37 Å². The predicted octanol–water partition coefficient (Wildman–Crippen LogP) is 2.02. The van der Waals surface area contributed by atoms with Gasteiger partial charge in [-0.1, -0.05) is 0 Å². The molecule has 0 heterocycles. The average molecular weight is 389 g/mol. The first kappa shape index (κ1) is 18.9. The number of hydrogen-bond donors (Lipinski definition) is 0. The Hall–Kier alpha value is -1.39. The average Bonchev–Trinajstić information content (AvgIpc) is 2.61. The van der Waals surface area contributed by atoms with Gasteiger partial charge in [0.1, 0.15) is 6.26 Å². The van der Waals surface area contributed by atoms with E-state index in [1.54, 1.807) is 24.3 Å². The molecule has 0 bridgehead atoms. The lowest BCUT2D eigenvalue weighted by atomic mass is 10.4. The Balaban J connectivity index is 2.28. The molecule has 0 aromatic heterocycles. The quantitative estimate of drug-likeness (QED) is 0.555. The maximum Gasteiger partial charge on any atom is 0.296 e. The molecule has 0 N–H and O–H groups in total. The van der Waals surface area contributed by atoms with Crippen molar-refractivity contribution in [2.45, 2.75) is 19.6 Å². The molecule has 0 aliphatic heterocycles. The minimum Gasteiger partial charge on any atom is -0.270 e. The van der Waals surface area contributed by atoms with Crippen molar-refractivity contribution in [3.05, 3.63) is 48.5 Å². The largest absolute Gasteiger partial charge is 0.296 e. The summed E-state index contributed by atoms with van der Waals surface area (Å²) in [7, 11) is -5.53. The van der Waals surface area contributed by atoms with Gasteiger partial charge in [0.2, 0.25) is 0 Å². The van der Waals surface area contributed by atoms with Gasteiger partial charge in [0.05, 0.1) is 34.9 Å². The van der Waals surface area contributed by atoms with Crippen LogP contribution in [0.15, 0.2) is 68.1 Å². The molecule has 0 unspecified atom stereocenters. The smallest absolute Gasteiger partial charge is 0.270 e. The number of benzene rings is 2. The van der Waals surface area contributed by atoms with E-state index in [-0.39, 0.29) is 20.7 Å². The standard InChI is InChI=1S/C15H17O6S3/c1-20-23(16,17)14-8-4-12(5-9-14)22(3)13-6-10-15(11-7-13)24(18,19)21-2/h4-11H,1-3H3/q+1. The zero-order valence-electron chi connectivity index (χ0n) is 13.3. The van der Waals surface area contributed by atoms with Crippen molar-refractivity contribution in [3.8, 4) is 0 Å². The summed E-state index contributed by atoms with van der Waals surface area (Å²) in [4.78, 5) is 2.03. The van der Waals surface area contributed by atoms with Crippen molar-refractivity contribution in [2.75, 3.05) is 20.5 Å². The summed E-state index contributed by atoms with van der Waals surface area (Å²) in [5, 5.41) is 0. The summed E-state index contributed by atoms with van der Waals surface area (Å²) >= 11 is 0. The number of rotatable bonds is 6. The highest BCUT2D eigenvalue weighted by Gasteiger charge is 2.22. The fourth-order valence-corrected chi connectivity index (χ4v) is 4.63. The van der Waals surface area contributed by atoms with Crippen LogP contribution in [-0.2, 0) is 39.5 Å². The van der Waals surface area contributed by atoms with E-state index in [4.69, 9.17) is 0 Å². The van der Waals surface area contributed by atoms with E-state index < -0.39 is 20.2 Å². The van der Waals surface area contributed by atoms with Gasteiger partial charge in [-0.25, -0.2) is 0 Å². The molecule has 0 aliphatic carbocycles. The molecule has 130 valence electrons. The second-order valence-electron chi connectivity index (χ2n) is 4.69. The van der Waals surface area contributed by atoms with E-state index in [1.807, 2.05) is 6.26 Å². The SMILES string of the molecule is COS(=O)(=O)c1ccc([S+](C)c2ccc(S(=O)(=O)OC)cc2)cc1. The molecule has 6 nitrogen and oxygen atoms in total. The van der Waals surface area contributed by atoms with Crippen LogP contribution in [-0.4, -0.2) is 37.3 Å². The van der Waals surface area contributed by atoms with Crippen LogP contribution in [0.4, 0.5) is 0 Å². The monoisotopic (exact) mass is 389 g/mol. The van der Waals surface area contributed by atoms with Crippen molar-refractivity contribution in [1.29, 1.82) is 0 Å². The Labute approximate surface area is 145 Å². The van der Waals surface area contributed by atoms with E-state index in [0.29, 0.717) is 0 Å². The Bertz CT molecular complexity index is 823. The summed E-state index contributed by atoms with van der Waals surface area (Å²) in [6.45, 7) is 0. The maximum absolute atomic E-state index is 11.6. The van der Waals surface area contributed by atoms with Gasteiger partial charge in [0.25, 0.3) is 20.2 Å². The van der Waals surface area contributed by atoms with Crippen molar-refractivity contribution in [1.82, 2.24) is 0 Å². The van der Waals surface area contributed by atoms with Gasteiger partial charge in [0.15, 0.2) is 9.79 Å². The van der Waals surface area contributed by atoms with Gasteiger partial charge in [-0.3, -0.25) is 8.37 Å². The van der Waals surface area contributed by atoms with Gasteiger partial charge in [0, 0.05) is 0 Å². The number of hydrogen-bond acceptors (Lipinski definition) is 6. The van der Waals surface area contributed by atoms with Gasteiger partial charge in [-0.15, -0.1) is 0 Å². The topological polar surface area (TPSA) is 86.7 Å². The molecule has 0 radical (unpaired) electrons. The molecule has 2 aromatic carbocycles. The molecule has 2 aromatic rings. The minimum atomic E-state index is -3.71. The molecule has 0 spiro atoms. The van der Waals surface area contributed by atoms with Gasteiger partial charge < -0.3 is 0 Å². The van der Waals surface area contributed by atoms with Crippen molar-refractivity contribution < 1.29 is 25.2 Å². The van der Waals surface area contributed by atoms with E-state index in [0.717, 1.165) is 24.0 Å². The van der Waals surface area contributed by atoms with Gasteiger partial charge in [-0.2, -0.15) is 16.8 Å². The van der Waals surface area contributed by atoms with E-state index >= 15 is 0 Å². The zero-order chi connectivity index (χ0) is 18.0. The summed E-state index contributed by atoms with van der Waals surface area (Å²) in [6.07, 6.45) is 1.97. The lowest BCUT2D eigenvalue weighted by Crippen LogP contribution is -2.06. The second kappa shape index (κ2) is 7.24. The second-order valence-corrected chi connectivity index (χ2v) is 10.1.